The zero-order valence-corrected chi connectivity index (χ0v) is 13.2. The number of hydrogen-bond acceptors (Lipinski definition) is 3. The maximum Gasteiger partial charge on any atom is 0.161 e. The Bertz CT molecular complexity index is 474. The summed E-state index contributed by atoms with van der Waals surface area (Å²) in [6.07, 6.45) is 4.72. The molecule has 1 aliphatic heterocycles. The highest BCUT2D eigenvalue weighted by Crippen LogP contribution is 2.42. The zero-order valence-electron chi connectivity index (χ0n) is 13.2. The van der Waals surface area contributed by atoms with Gasteiger partial charge in [0.2, 0.25) is 0 Å². The number of rotatable bonds is 4. The first-order chi connectivity index (χ1) is 10.3. The quantitative estimate of drug-likeness (QED) is 0.916. The molecule has 1 fully saturated rings. The smallest absolute Gasteiger partial charge is 0.161 e. The van der Waals surface area contributed by atoms with Crippen LogP contribution in [0.5, 0.6) is 11.5 Å². The van der Waals surface area contributed by atoms with E-state index in [2.05, 4.69) is 37.4 Å². The summed E-state index contributed by atoms with van der Waals surface area (Å²) in [6.45, 7) is 7.26. The summed E-state index contributed by atoms with van der Waals surface area (Å²) in [5, 5.41) is 3.70. The van der Waals surface area contributed by atoms with E-state index in [0.29, 0.717) is 17.9 Å². The average Bonchev–Trinajstić information content (AvgIpc) is 2.72. The third-order valence-electron chi connectivity index (χ3n) is 4.91. The molecule has 0 bridgehead atoms. The first-order valence-corrected chi connectivity index (χ1v) is 8.42. The van der Waals surface area contributed by atoms with Crippen molar-refractivity contribution in [2.45, 2.75) is 51.5 Å². The third-order valence-corrected chi connectivity index (χ3v) is 4.91. The van der Waals surface area contributed by atoms with Crippen LogP contribution in [-0.2, 0) is 0 Å². The van der Waals surface area contributed by atoms with Crippen molar-refractivity contribution < 1.29 is 9.47 Å². The minimum atomic E-state index is 0.636. The van der Waals surface area contributed by atoms with Crippen LogP contribution in [0.2, 0.25) is 0 Å². The van der Waals surface area contributed by atoms with E-state index in [0.717, 1.165) is 37.7 Å². The molecule has 21 heavy (non-hydrogen) atoms. The molecule has 116 valence electrons. The Hall–Kier alpha value is -1.22. The molecule has 1 saturated carbocycles. The molecule has 3 rings (SSSR count). The lowest BCUT2D eigenvalue weighted by Gasteiger charge is -2.22. The van der Waals surface area contributed by atoms with E-state index in [1.165, 1.54) is 24.8 Å². The molecule has 0 amide bonds. The van der Waals surface area contributed by atoms with Crippen LogP contribution in [-0.4, -0.2) is 25.8 Å². The minimum Gasteiger partial charge on any atom is -0.490 e. The highest BCUT2D eigenvalue weighted by atomic mass is 16.5. The highest BCUT2D eigenvalue weighted by Gasteiger charge is 2.33. The molecule has 1 aromatic carbocycles. The second kappa shape index (κ2) is 6.69. The molecule has 3 nitrogen and oxygen atoms in total. The van der Waals surface area contributed by atoms with Crippen molar-refractivity contribution >= 4 is 0 Å². The number of hydrogen-bond donors (Lipinski definition) is 1. The lowest BCUT2D eigenvalue weighted by molar-refractivity contribution is 0.297. The van der Waals surface area contributed by atoms with Crippen LogP contribution in [0.4, 0.5) is 0 Å². The van der Waals surface area contributed by atoms with Crippen molar-refractivity contribution in [2.24, 2.45) is 5.92 Å². The van der Waals surface area contributed by atoms with E-state index in [1.807, 2.05) is 0 Å². The summed E-state index contributed by atoms with van der Waals surface area (Å²) in [5.74, 6) is 3.16. The molecule has 3 unspecified atom stereocenters. The Morgan fingerprint density at radius 3 is 2.76 bits per heavy atom. The summed E-state index contributed by atoms with van der Waals surface area (Å²) < 4.78 is 11.6. The molecule has 0 radical (unpaired) electrons. The van der Waals surface area contributed by atoms with Crippen LogP contribution >= 0.6 is 0 Å². The summed E-state index contributed by atoms with van der Waals surface area (Å²) in [4.78, 5) is 0. The van der Waals surface area contributed by atoms with Crippen molar-refractivity contribution in [1.82, 2.24) is 5.32 Å². The van der Waals surface area contributed by atoms with Gasteiger partial charge in [0, 0.05) is 12.5 Å². The minimum absolute atomic E-state index is 0.636. The normalized spacial score (nSPS) is 28.4. The standard InChI is InChI=1S/C18H27NO2/c1-3-9-19-16-7-6-15(13(16)2)14-5-8-17-18(12-14)21-11-4-10-20-17/h5,8,12-13,15-16,19H,3-4,6-7,9-11H2,1-2H3. The van der Waals surface area contributed by atoms with Crippen LogP contribution in [0.3, 0.4) is 0 Å². The Morgan fingerprint density at radius 2 is 1.95 bits per heavy atom. The SMILES string of the molecule is CCCNC1CCC(c2ccc3c(c2)OCCCO3)C1C. The van der Waals surface area contributed by atoms with E-state index >= 15 is 0 Å². The van der Waals surface area contributed by atoms with Crippen LogP contribution < -0.4 is 14.8 Å². The summed E-state index contributed by atoms with van der Waals surface area (Å²) >= 11 is 0. The van der Waals surface area contributed by atoms with Gasteiger partial charge in [0.25, 0.3) is 0 Å². The molecular weight excluding hydrogens is 262 g/mol. The van der Waals surface area contributed by atoms with E-state index in [-0.39, 0.29) is 0 Å². The molecule has 2 aliphatic rings. The Kier molecular flexibility index (Phi) is 4.69. The van der Waals surface area contributed by atoms with Crippen molar-refractivity contribution in [1.29, 1.82) is 0 Å². The van der Waals surface area contributed by atoms with Gasteiger partial charge in [-0.05, 0) is 55.3 Å². The molecule has 3 heteroatoms. The van der Waals surface area contributed by atoms with Gasteiger partial charge < -0.3 is 14.8 Å². The molecule has 0 spiro atoms. The molecule has 1 heterocycles. The van der Waals surface area contributed by atoms with E-state index in [9.17, 15) is 0 Å². The van der Waals surface area contributed by atoms with E-state index in [4.69, 9.17) is 9.47 Å². The van der Waals surface area contributed by atoms with Crippen molar-refractivity contribution in [3.63, 3.8) is 0 Å². The first kappa shape index (κ1) is 14.7. The predicted molar refractivity (Wildman–Crippen MR) is 85.3 cm³/mol. The number of nitrogens with one attached hydrogen (secondary N) is 1. The molecule has 1 N–H and O–H groups in total. The van der Waals surface area contributed by atoms with Gasteiger partial charge in [-0.3, -0.25) is 0 Å². The number of ether oxygens (including phenoxy) is 2. The fourth-order valence-electron chi connectivity index (χ4n) is 3.66. The van der Waals surface area contributed by atoms with Crippen LogP contribution in [0, 0.1) is 5.92 Å². The monoisotopic (exact) mass is 289 g/mol. The molecule has 0 saturated heterocycles. The Labute approximate surface area is 128 Å². The topological polar surface area (TPSA) is 30.5 Å². The maximum atomic E-state index is 5.84. The second-order valence-electron chi connectivity index (χ2n) is 6.36. The number of benzene rings is 1. The van der Waals surface area contributed by atoms with Crippen molar-refractivity contribution in [3.05, 3.63) is 23.8 Å². The zero-order chi connectivity index (χ0) is 14.7. The first-order valence-electron chi connectivity index (χ1n) is 8.42. The Morgan fingerprint density at radius 1 is 1.14 bits per heavy atom. The highest BCUT2D eigenvalue weighted by molar-refractivity contribution is 5.44. The average molecular weight is 289 g/mol. The van der Waals surface area contributed by atoms with Gasteiger partial charge in [-0.15, -0.1) is 0 Å². The van der Waals surface area contributed by atoms with Crippen LogP contribution in [0.1, 0.15) is 51.0 Å². The molecule has 0 aromatic heterocycles. The van der Waals surface area contributed by atoms with Gasteiger partial charge in [-0.2, -0.15) is 0 Å². The molecule has 3 atom stereocenters. The van der Waals surface area contributed by atoms with E-state index in [1.54, 1.807) is 0 Å². The van der Waals surface area contributed by atoms with Gasteiger partial charge >= 0.3 is 0 Å². The molecular formula is C18H27NO2. The lowest BCUT2D eigenvalue weighted by atomic mass is 9.88. The van der Waals surface area contributed by atoms with Gasteiger partial charge in [0.15, 0.2) is 11.5 Å². The predicted octanol–water partition coefficient (Wildman–Crippen LogP) is 3.73. The third kappa shape index (κ3) is 3.18. The van der Waals surface area contributed by atoms with Gasteiger partial charge in [-0.25, -0.2) is 0 Å². The van der Waals surface area contributed by atoms with Crippen LogP contribution in [0.15, 0.2) is 18.2 Å². The number of fused-ring (bicyclic) bond motifs is 1. The lowest BCUT2D eigenvalue weighted by Crippen LogP contribution is -2.32. The van der Waals surface area contributed by atoms with Crippen molar-refractivity contribution in [3.8, 4) is 11.5 Å². The van der Waals surface area contributed by atoms with Gasteiger partial charge in [0.1, 0.15) is 0 Å². The summed E-state index contributed by atoms with van der Waals surface area (Å²) in [6, 6.07) is 7.20. The fraction of sp³-hybridized carbons (Fsp3) is 0.667. The van der Waals surface area contributed by atoms with Crippen LogP contribution in [0.25, 0.3) is 0 Å². The largest absolute Gasteiger partial charge is 0.490 e. The second-order valence-corrected chi connectivity index (χ2v) is 6.36. The summed E-state index contributed by atoms with van der Waals surface area (Å²) in [5.41, 5.74) is 1.41. The fourth-order valence-corrected chi connectivity index (χ4v) is 3.66. The van der Waals surface area contributed by atoms with Crippen molar-refractivity contribution in [2.75, 3.05) is 19.8 Å². The molecule has 1 aliphatic carbocycles. The van der Waals surface area contributed by atoms with Gasteiger partial charge in [0.05, 0.1) is 13.2 Å². The molecule has 1 aromatic rings. The van der Waals surface area contributed by atoms with E-state index < -0.39 is 0 Å². The summed E-state index contributed by atoms with van der Waals surface area (Å²) in [7, 11) is 0. The Balaban J connectivity index is 1.74. The maximum absolute atomic E-state index is 5.84. The van der Waals surface area contributed by atoms with Gasteiger partial charge in [-0.1, -0.05) is 19.9 Å².